The number of nitriles is 1. The second kappa shape index (κ2) is 6.25. The maximum absolute atomic E-state index is 13.8. The Kier molecular flexibility index (Phi) is 4.64. The summed E-state index contributed by atoms with van der Waals surface area (Å²) in [4.78, 5) is 0. The van der Waals surface area contributed by atoms with Crippen LogP contribution in [0.2, 0.25) is 5.02 Å². The Labute approximate surface area is 130 Å². The van der Waals surface area contributed by atoms with Crippen molar-refractivity contribution >= 4 is 33.2 Å². The molecule has 1 atom stereocenters. The van der Waals surface area contributed by atoms with Gasteiger partial charge in [-0.2, -0.15) is 5.26 Å². The highest BCUT2D eigenvalue weighted by atomic mass is 79.9. The average Bonchev–Trinajstić information content (AvgIpc) is 2.40. The maximum atomic E-state index is 13.8. The summed E-state index contributed by atoms with van der Waals surface area (Å²) in [5, 5.41) is 12.4. The zero-order chi connectivity index (χ0) is 14.7. The van der Waals surface area contributed by atoms with Crippen LogP contribution in [0.4, 0.5) is 10.1 Å². The van der Waals surface area contributed by atoms with Crippen LogP contribution in [-0.4, -0.2) is 0 Å². The Bertz CT molecular complexity index is 682. The van der Waals surface area contributed by atoms with E-state index < -0.39 is 5.82 Å². The fraction of sp³-hybridized carbons (Fsp3) is 0.133. The Morgan fingerprint density at radius 2 is 2.05 bits per heavy atom. The minimum Gasteiger partial charge on any atom is -0.376 e. The second-order valence-electron chi connectivity index (χ2n) is 4.34. The Morgan fingerprint density at radius 1 is 1.30 bits per heavy atom. The van der Waals surface area contributed by atoms with E-state index >= 15 is 0 Å². The van der Waals surface area contributed by atoms with Gasteiger partial charge >= 0.3 is 0 Å². The van der Waals surface area contributed by atoms with Gasteiger partial charge in [0.05, 0.1) is 23.4 Å². The van der Waals surface area contributed by atoms with Crippen molar-refractivity contribution in [2.24, 2.45) is 0 Å². The Hall–Kier alpha value is -1.57. The average molecular weight is 354 g/mol. The van der Waals surface area contributed by atoms with Crippen LogP contribution in [0, 0.1) is 17.1 Å². The van der Waals surface area contributed by atoms with Crippen LogP contribution in [0.3, 0.4) is 0 Å². The van der Waals surface area contributed by atoms with Gasteiger partial charge in [-0.25, -0.2) is 4.39 Å². The molecule has 1 N–H and O–H groups in total. The number of benzene rings is 2. The van der Waals surface area contributed by atoms with Crippen molar-refractivity contribution in [3.63, 3.8) is 0 Å². The normalized spacial score (nSPS) is 11.8. The first kappa shape index (κ1) is 14.8. The number of hydrogen-bond acceptors (Lipinski definition) is 2. The molecule has 0 saturated heterocycles. The summed E-state index contributed by atoms with van der Waals surface area (Å²) in [5.41, 5.74) is 1.51. The second-order valence-corrected chi connectivity index (χ2v) is 5.66. The third-order valence-electron chi connectivity index (χ3n) is 2.90. The van der Waals surface area contributed by atoms with Gasteiger partial charge in [-0.3, -0.25) is 0 Å². The lowest BCUT2D eigenvalue weighted by molar-refractivity contribution is 0.627. The van der Waals surface area contributed by atoms with E-state index in [0.717, 1.165) is 10.0 Å². The van der Waals surface area contributed by atoms with Gasteiger partial charge in [-0.05, 0) is 42.8 Å². The van der Waals surface area contributed by atoms with Crippen molar-refractivity contribution in [3.05, 3.63) is 62.8 Å². The zero-order valence-corrected chi connectivity index (χ0v) is 13.0. The summed E-state index contributed by atoms with van der Waals surface area (Å²) in [6.45, 7) is 1.90. The van der Waals surface area contributed by atoms with Crippen molar-refractivity contribution in [3.8, 4) is 6.07 Å². The first-order valence-corrected chi connectivity index (χ1v) is 7.09. The van der Waals surface area contributed by atoms with E-state index in [1.165, 1.54) is 6.07 Å². The molecule has 102 valence electrons. The molecule has 0 aliphatic carbocycles. The molecule has 0 radical (unpaired) electrons. The van der Waals surface area contributed by atoms with E-state index in [9.17, 15) is 4.39 Å². The molecule has 0 amide bonds. The van der Waals surface area contributed by atoms with E-state index in [-0.39, 0.29) is 6.04 Å². The third kappa shape index (κ3) is 3.30. The van der Waals surface area contributed by atoms with Gasteiger partial charge in [-0.15, -0.1) is 0 Å². The molecular weight excluding hydrogens is 343 g/mol. The van der Waals surface area contributed by atoms with E-state index in [2.05, 4.69) is 21.2 Å². The lowest BCUT2D eigenvalue weighted by atomic mass is 10.1. The Morgan fingerprint density at radius 3 is 2.65 bits per heavy atom. The summed E-state index contributed by atoms with van der Waals surface area (Å²) in [6.07, 6.45) is 0. The van der Waals surface area contributed by atoms with Gasteiger partial charge in [0, 0.05) is 9.50 Å². The van der Waals surface area contributed by atoms with Crippen LogP contribution in [0.5, 0.6) is 0 Å². The molecule has 0 heterocycles. The van der Waals surface area contributed by atoms with E-state index in [4.69, 9.17) is 16.9 Å². The molecule has 2 rings (SSSR count). The van der Waals surface area contributed by atoms with Gasteiger partial charge in [-0.1, -0.05) is 33.6 Å². The molecular formula is C15H11BrClFN2. The highest BCUT2D eigenvalue weighted by molar-refractivity contribution is 9.10. The minimum atomic E-state index is -0.455. The molecule has 2 aromatic rings. The van der Waals surface area contributed by atoms with Crippen molar-refractivity contribution < 1.29 is 4.39 Å². The fourth-order valence-corrected chi connectivity index (χ4v) is 2.70. The molecule has 2 nitrogen and oxygen atoms in total. The molecule has 0 aliphatic rings. The van der Waals surface area contributed by atoms with Crippen LogP contribution in [-0.2, 0) is 0 Å². The molecule has 2 aromatic carbocycles. The SMILES string of the molecule is CC(Nc1ccc(C#N)cc1F)c1ccc(Br)cc1Cl. The topological polar surface area (TPSA) is 35.8 Å². The van der Waals surface area contributed by atoms with Gasteiger partial charge in [0.25, 0.3) is 0 Å². The van der Waals surface area contributed by atoms with Crippen LogP contribution >= 0.6 is 27.5 Å². The highest BCUT2D eigenvalue weighted by Gasteiger charge is 2.12. The van der Waals surface area contributed by atoms with Gasteiger partial charge in [0.2, 0.25) is 0 Å². The summed E-state index contributed by atoms with van der Waals surface area (Å²) in [5.74, 6) is -0.455. The van der Waals surface area contributed by atoms with Gasteiger partial charge < -0.3 is 5.32 Å². The number of halogens is 3. The monoisotopic (exact) mass is 352 g/mol. The predicted octanol–water partition coefficient (Wildman–Crippen LogP) is 5.29. The van der Waals surface area contributed by atoms with E-state index in [0.29, 0.717) is 16.3 Å². The smallest absolute Gasteiger partial charge is 0.147 e. The molecule has 0 fully saturated rings. The summed E-state index contributed by atoms with van der Waals surface area (Å²) in [6, 6.07) is 11.6. The number of anilines is 1. The molecule has 0 saturated carbocycles. The van der Waals surface area contributed by atoms with Crippen molar-refractivity contribution in [1.29, 1.82) is 5.26 Å². The molecule has 1 unspecified atom stereocenters. The predicted molar refractivity (Wildman–Crippen MR) is 82.3 cm³/mol. The first-order chi connectivity index (χ1) is 9.51. The Balaban J connectivity index is 2.23. The first-order valence-electron chi connectivity index (χ1n) is 5.92. The molecule has 0 aromatic heterocycles. The van der Waals surface area contributed by atoms with Crippen LogP contribution in [0.25, 0.3) is 0 Å². The van der Waals surface area contributed by atoms with Crippen LogP contribution in [0.15, 0.2) is 40.9 Å². The zero-order valence-electron chi connectivity index (χ0n) is 10.6. The van der Waals surface area contributed by atoms with Crippen LogP contribution in [0.1, 0.15) is 24.1 Å². The van der Waals surface area contributed by atoms with Gasteiger partial charge in [0.1, 0.15) is 5.82 Å². The molecule has 0 bridgehead atoms. The quantitative estimate of drug-likeness (QED) is 0.814. The summed E-state index contributed by atoms with van der Waals surface area (Å²) >= 11 is 9.52. The van der Waals surface area contributed by atoms with Crippen molar-refractivity contribution in [1.82, 2.24) is 0 Å². The van der Waals surface area contributed by atoms with Gasteiger partial charge in [0.15, 0.2) is 0 Å². The molecule has 0 aliphatic heterocycles. The van der Waals surface area contributed by atoms with E-state index in [1.54, 1.807) is 18.2 Å². The third-order valence-corrected chi connectivity index (χ3v) is 3.72. The standard InChI is InChI=1S/C15H11BrClFN2/c1-9(12-4-3-11(16)7-13(12)17)20-15-5-2-10(8-19)6-14(15)18/h2-7,9,20H,1H3. The summed E-state index contributed by atoms with van der Waals surface area (Å²) in [7, 11) is 0. The number of hydrogen-bond donors (Lipinski definition) is 1. The lowest BCUT2D eigenvalue weighted by Gasteiger charge is -2.17. The highest BCUT2D eigenvalue weighted by Crippen LogP contribution is 2.29. The lowest BCUT2D eigenvalue weighted by Crippen LogP contribution is -2.08. The maximum Gasteiger partial charge on any atom is 0.147 e. The minimum absolute atomic E-state index is 0.155. The molecule has 5 heteroatoms. The number of rotatable bonds is 3. The van der Waals surface area contributed by atoms with Crippen LogP contribution < -0.4 is 5.32 Å². The fourth-order valence-electron chi connectivity index (χ4n) is 1.87. The number of nitrogens with one attached hydrogen (secondary N) is 1. The summed E-state index contributed by atoms with van der Waals surface area (Å²) < 4.78 is 14.7. The van der Waals surface area contributed by atoms with E-state index in [1.807, 2.05) is 25.1 Å². The largest absolute Gasteiger partial charge is 0.376 e. The molecule has 20 heavy (non-hydrogen) atoms. The van der Waals surface area contributed by atoms with Crippen molar-refractivity contribution in [2.75, 3.05) is 5.32 Å². The number of nitrogens with zero attached hydrogens (tertiary/aromatic N) is 1. The molecule has 0 spiro atoms. The van der Waals surface area contributed by atoms with Crippen molar-refractivity contribution in [2.45, 2.75) is 13.0 Å².